The van der Waals surface area contributed by atoms with Crippen LogP contribution in [0.25, 0.3) is 0 Å². The molecular formula is C14H18BrN5. The highest BCUT2D eigenvalue weighted by molar-refractivity contribution is 9.10. The van der Waals surface area contributed by atoms with E-state index in [1.54, 1.807) is 6.20 Å². The molecule has 0 aliphatic rings. The molecule has 2 rings (SSSR count). The SMILES string of the molecule is CCc1cccc(NC(N)=NCCn2cc(Br)cn2)c1. The molecule has 1 heterocycles. The Hall–Kier alpha value is -1.82. The first kappa shape index (κ1) is 14.6. The van der Waals surface area contributed by atoms with Crippen molar-refractivity contribution in [3.05, 3.63) is 46.7 Å². The smallest absolute Gasteiger partial charge is 0.193 e. The van der Waals surface area contributed by atoms with Crippen LogP contribution < -0.4 is 11.1 Å². The lowest BCUT2D eigenvalue weighted by atomic mass is 10.1. The lowest BCUT2D eigenvalue weighted by Gasteiger charge is -2.07. The van der Waals surface area contributed by atoms with E-state index < -0.39 is 0 Å². The van der Waals surface area contributed by atoms with E-state index in [2.05, 4.69) is 50.4 Å². The fourth-order valence-electron chi connectivity index (χ4n) is 1.79. The monoisotopic (exact) mass is 335 g/mol. The quantitative estimate of drug-likeness (QED) is 0.651. The van der Waals surface area contributed by atoms with Gasteiger partial charge in [0.05, 0.1) is 23.8 Å². The zero-order chi connectivity index (χ0) is 14.4. The maximum Gasteiger partial charge on any atom is 0.193 e. The van der Waals surface area contributed by atoms with E-state index in [0.717, 1.165) is 16.6 Å². The van der Waals surface area contributed by atoms with Crippen LogP contribution in [-0.2, 0) is 13.0 Å². The Morgan fingerprint density at radius 2 is 2.35 bits per heavy atom. The van der Waals surface area contributed by atoms with Crippen molar-refractivity contribution in [3.8, 4) is 0 Å². The molecule has 0 bridgehead atoms. The number of nitrogens with one attached hydrogen (secondary N) is 1. The van der Waals surface area contributed by atoms with Crippen LogP contribution in [0.4, 0.5) is 5.69 Å². The third kappa shape index (κ3) is 4.38. The minimum Gasteiger partial charge on any atom is -0.370 e. The summed E-state index contributed by atoms with van der Waals surface area (Å²) in [5.74, 6) is 0.421. The molecule has 0 aliphatic carbocycles. The molecule has 0 spiro atoms. The number of rotatable bonds is 5. The first-order chi connectivity index (χ1) is 9.67. The topological polar surface area (TPSA) is 68.2 Å². The second kappa shape index (κ2) is 7.09. The molecule has 0 saturated carbocycles. The van der Waals surface area contributed by atoms with Crippen molar-refractivity contribution in [2.45, 2.75) is 19.9 Å². The molecule has 0 atom stereocenters. The number of aromatic nitrogens is 2. The number of hydrogen-bond donors (Lipinski definition) is 2. The molecule has 0 fully saturated rings. The molecular weight excluding hydrogens is 318 g/mol. The Morgan fingerprint density at radius 1 is 1.50 bits per heavy atom. The van der Waals surface area contributed by atoms with Crippen LogP contribution in [0.2, 0.25) is 0 Å². The Labute approximate surface area is 127 Å². The summed E-state index contributed by atoms with van der Waals surface area (Å²) in [4.78, 5) is 4.29. The summed E-state index contributed by atoms with van der Waals surface area (Å²) in [5.41, 5.74) is 8.10. The summed E-state index contributed by atoms with van der Waals surface area (Å²) in [6, 6.07) is 8.16. The van der Waals surface area contributed by atoms with Gasteiger partial charge in [0.1, 0.15) is 0 Å². The van der Waals surface area contributed by atoms with Crippen molar-refractivity contribution < 1.29 is 0 Å². The van der Waals surface area contributed by atoms with E-state index in [0.29, 0.717) is 19.0 Å². The number of halogens is 1. The number of hydrogen-bond acceptors (Lipinski definition) is 2. The minimum atomic E-state index is 0.421. The second-order valence-electron chi connectivity index (χ2n) is 4.37. The Balaban J connectivity index is 1.87. The summed E-state index contributed by atoms with van der Waals surface area (Å²) < 4.78 is 2.78. The molecule has 0 unspecified atom stereocenters. The molecule has 6 heteroatoms. The third-order valence-corrected chi connectivity index (χ3v) is 3.23. The molecule has 1 aromatic carbocycles. The van der Waals surface area contributed by atoms with Gasteiger partial charge in [-0.3, -0.25) is 9.67 Å². The highest BCUT2D eigenvalue weighted by Crippen LogP contribution is 2.10. The van der Waals surface area contributed by atoms with Crippen molar-refractivity contribution in [3.63, 3.8) is 0 Å². The van der Waals surface area contributed by atoms with Gasteiger partial charge in [-0.05, 0) is 40.0 Å². The number of benzene rings is 1. The van der Waals surface area contributed by atoms with E-state index in [1.807, 2.05) is 23.0 Å². The van der Waals surface area contributed by atoms with Gasteiger partial charge >= 0.3 is 0 Å². The molecule has 20 heavy (non-hydrogen) atoms. The molecule has 0 aliphatic heterocycles. The molecule has 5 nitrogen and oxygen atoms in total. The zero-order valence-electron chi connectivity index (χ0n) is 11.4. The fourth-order valence-corrected chi connectivity index (χ4v) is 2.12. The predicted octanol–water partition coefficient (Wildman–Crippen LogP) is 2.63. The van der Waals surface area contributed by atoms with E-state index in [9.17, 15) is 0 Å². The maximum atomic E-state index is 5.87. The van der Waals surface area contributed by atoms with Gasteiger partial charge in [-0.2, -0.15) is 5.10 Å². The van der Waals surface area contributed by atoms with Crippen molar-refractivity contribution in [2.24, 2.45) is 10.7 Å². The van der Waals surface area contributed by atoms with Crippen molar-refractivity contribution in [1.29, 1.82) is 0 Å². The molecule has 1 aromatic heterocycles. The summed E-state index contributed by atoms with van der Waals surface area (Å²) in [5, 5.41) is 7.26. The van der Waals surface area contributed by atoms with Crippen molar-refractivity contribution >= 4 is 27.6 Å². The number of guanidine groups is 1. The minimum absolute atomic E-state index is 0.421. The second-order valence-corrected chi connectivity index (χ2v) is 5.28. The van der Waals surface area contributed by atoms with E-state index in [1.165, 1.54) is 5.56 Å². The van der Waals surface area contributed by atoms with Crippen LogP contribution in [0.1, 0.15) is 12.5 Å². The highest BCUT2D eigenvalue weighted by Gasteiger charge is 1.97. The summed E-state index contributed by atoms with van der Waals surface area (Å²) >= 11 is 3.35. The summed E-state index contributed by atoms with van der Waals surface area (Å²) in [6.45, 7) is 3.40. The lowest BCUT2D eigenvalue weighted by molar-refractivity contribution is 0.625. The third-order valence-electron chi connectivity index (χ3n) is 2.82. The van der Waals surface area contributed by atoms with Crippen LogP contribution in [-0.4, -0.2) is 22.3 Å². The van der Waals surface area contributed by atoms with E-state index in [4.69, 9.17) is 5.73 Å². The maximum absolute atomic E-state index is 5.87. The van der Waals surface area contributed by atoms with Gasteiger partial charge in [-0.15, -0.1) is 0 Å². The van der Waals surface area contributed by atoms with Crippen LogP contribution in [0.3, 0.4) is 0 Å². The van der Waals surface area contributed by atoms with E-state index >= 15 is 0 Å². The molecule has 3 N–H and O–H groups in total. The van der Waals surface area contributed by atoms with Crippen LogP contribution in [0.5, 0.6) is 0 Å². The number of aryl methyl sites for hydroxylation is 1. The fraction of sp³-hybridized carbons (Fsp3) is 0.286. The number of nitrogens with two attached hydrogens (primary N) is 1. The predicted molar refractivity (Wildman–Crippen MR) is 85.9 cm³/mol. The van der Waals surface area contributed by atoms with Gasteiger partial charge in [-0.1, -0.05) is 19.1 Å². The highest BCUT2D eigenvalue weighted by atomic mass is 79.9. The zero-order valence-corrected chi connectivity index (χ0v) is 13.0. The first-order valence-corrected chi connectivity index (χ1v) is 7.30. The Kier molecular flexibility index (Phi) is 5.17. The van der Waals surface area contributed by atoms with Gasteiger partial charge in [0.25, 0.3) is 0 Å². The molecule has 2 aromatic rings. The normalized spacial score (nSPS) is 11.6. The van der Waals surface area contributed by atoms with Crippen LogP contribution in [0, 0.1) is 0 Å². The number of nitrogens with zero attached hydrogens (tertiary/aromatic N) is 3. The Bertz CT molecular complexity index is 591. The molecule has 106 valence electrons. The number of aliphatic imine (C=N–C) groups is 1. The van der Waals surface area contributed by atoms with Gasteiger partial charge < -0.3 is 11.1 Å². The Morgan fingerprint density at radius 3 is 3.05 bits per heavy atom. The first-order valence-electron chi connectivity index (χ1n) is 6.51. The standard InChI is InChI=1S/C14H18BrN5/c1-2-11-4-3-5-13(8-11)19-14(16)17-6-7-20-10-12(15)9-18-20/h3-5,8-10H,2,6-7H2,1H3,(H3,16,17,19). The largest absolute Gasteiger partial charge is 0.370 e. The molecule has 0 radical (unpaired) electrons. The average Bonchev–Trinajstić information content (AvgIpc) is 2.84. The van der Waals surface area contributed by atoms with Gasteiger partial charge in [0.15, 0.2) is 5.96 Å². The summed E-state index contributed by atoms with van der Waals surface area (Å²) in [6.07, 6.45) is 4.66. The van der Waals surface area contributed by atoms with Crippen LogP contribution in [0.15, 0.2) is 46.1 Å². The van der Waals surface area contributed by atoms with E-state index in [-0.39, 0.29) is 0 Å². The van der Waals surface area contributed by atoms with Crippen molar-refractivity contribution in [1.82, 2.24) is 9.78 Å². The number of anilines is 1. The van der Waals surface area contributed by atoms with Crippen molar-refractivity contribution in [2.75, 3.05) is 11.9 Å². The molecule has 0 saturated heterocycles. The summed E-state index contributed by atoms with van der Waals surface area (Å²) in [7, 11) is 0. The van der Waals surface area contributed by atoms with Gasteiger partial charge in [0.2, 0.25) is 0 Å². The molecule has 0 amide bonds. The van der Waals surface area contributed by atoms with Crippen LogP contribution >= 0.6 is 15.9 Å². The lowest BCUT2D eigenvalue weighted by Crippen LogP contribution is -2.23. The van der Waals surface area contributed by atoms with Gasteiger partial charge in [-0.25, -0.2) is 0 Å². The average molecular weight is 336 g/mol. The van der Waals surface area contributed by atoms with Gasteiger partial charge in [0, 0.05) is 11.9 Å².